The standard InChI is InChI=1S/C17H20N2O4S/c1-17(2,3)12-9-14(15(23-4)18-10-12)19-24(22)13-7-5-6-11(8-13)16(20)21/h5-10,19H,1-4H3,(H,20,21). The van der Waals surface area contributed by atoms with Gasteiger partial charge in [0.1, 0.15) is 17.0 Å². The van der Waals surface area contributed by atoms with Crippen LogP contribution >= 0.6 is 0 Å². The van der Waals surface area contributed by atoms with Crippen LogP contribution in [0.25, 0.3) is 0 Å². The van der Waals surface area contributed by atoms with Gasteiger partial charge >= 0.3 is 5.97 Å². The Kier molecular flexibility index (Phi) is 5.36. The second-order valence-corrected chi connectivity index (χ2v) is 7.45. The summed E-state index contributed by atoms with van der Waals surface area (Å²) in [6, 6.07) is 7.82. The molecule has 1 aromatic carbocycles. The van der Waals surface area contributed by atoms with Crippen LogP contribution in [0.3, 0.4) is 0 Å². The molecule has 0 radical (unpaired) electrons. The number of methoxy groups -OCH3 is 1. The summed E-state index contributed by atoms with van der Waals surface area (Å²) in [6.45, 7) is 6.15. The Morgan fingerprint density at radius 2 is 2.04 bits per heavy atom. The van der Waals surface area contributed by atoms with Gasteiger partial charge in [0.25, 0.3) is 0 Å². The van der Waals surface area contributed by atoms with E-state index in [1.807, 2.05) is 26.8 Å². The molecule has 24 heavy (non-hydrogen) atoms. The Labute approximate surface area is 144 Å². The third-order valence-corrected chi connectivity index (χ3v) is 4.50. The first-order chi connectivity index (χ1) is 11.2. The van der Waals surface area contributed by atoms with E-state index < -0.39 is 17.3 Å². The zero-order chi connectivity index (χ0) is 17.9. The Hall–Kier alpha value is -2.25. The minimum absolute atomic E-state index is 0.0798. The van der Waals surface area contributed by atoms with Gasteiger partial charge in [0.15, 0.2) is 4.90 Å². The van der Waals surface area contributed by atoms with E-state index in [1.54, 1.807) is 18.3 Å². The lowest BCUT2D eigenvalue weighted by Gasteiger charge is -2.21. The predicted molar refractivity (Wildman–Crippen MR) is 92.9 cm³/mol. The van der Waals surface area contributed by atoms with Crippen LogP contribution < -0.4 is 9.46 Å². The summed E-state index contributed by atoms with van der Waals surface area (Å²) in [5.41, 5.74) is 1.41. The van der Waals surface area contributed by atoms with E-state index >= 15 is 0 Å². The summed E-state index contributed by atoms with van der Waals surface area (Å²) in [4.78, 5) is 15.6. The molecule has 0 aliphatic heterocycles. The number of hydrogen-bond donors (Lipinski definition) is 2. The van der Waals surface area contributed by atoms with Gasteiger partial charge in [-0.1, -0.05) is 26.8 Å². The molecule has 7 heteroatoms. The normalized spacial score (nSPS) is 12.5. The number of carboxylic acid groups (broad SMARTS) is 1. The molecule has 6 nitrogen and oxygen atoms in total. The minimum atomic E-state index is -1.64. The lowest BCUT2D eigenvalue weighted by atomic mass is 9.88. The van der Waals surface area contributed by atoms with E-state index in [2.05, 4.69) is 9.71 Å². The highest BCUT2D eigenvalue weighted by Gasteiger charge is 2.21. The molecule has 128 valence electrons. The number of aromatic nitrogens is 1. The summed E-state index contributed by atoms with van der Waals surface area (Å²) >= 11 is -1.64. The van der Waals surface area contributed by atoms with Gasteiger partial charge in [-0.2, -0.15) is 4.72 Å². The number of aromatic carboxylic acids is 1. The third-order valence-electron chi connectivity index (χ3n) is 3.41. The molecular weight excluding hydrogens is 328 g/mol. The maximum atomic E-state index is 12.5. The van der Waals surface area contributed by atoms with Gasteiger partial charge in [-0.15, -0.1) is 0 Å². The van der Waals surface area contributed by atoms with Crippen molar-refractivity contribution in [2.75, 3.05) is 11.8 Å². The van der Waals surface area contributed by atoms with Gasteiger partial charge in [-0.3, -0.25) is 0 Å². The Morgan fingerprint density at radius 3 is 2.62 bits per heavy atom. The second-order valence-electron chi connectivity index (χ2n) is 6.23. The van der Waals surface area contributed by atoms with E-state index in [-0.39, 0.29) is 11.0 Å². The first kappa shape index (κ1) is 18.1. The summed E-state index contributed by atoms with van der Waals surface area (Å²) in [5, 5.41) is 9.04. The fourth-order valence-corrected chi connectivity index (χ4v) is 2.90. The van der Waals surface area contributed by atoms with Crippen molar-refractivity contribution in [2.45, 2.75) is 31.1 Å². The highest BCUT2D eigenvalue weighted by Crippen LogP contribution is 2.30. The van der Waals surface area contributed by atoms with E-state index in [0.29, 0.717) is 16.5 Å². The number of carbonyl (C=O) groups is 1. The maximum absolute atomic E-state index is 12.5. The predicted octanol–water partition coefficient (Wildman–Crippen LogP) is 3.22. The fourth-order valence-electron chi connectivity index (χ4n) is 2.00. The smallest absolute Gasteiger partial charge is 0.335 e. The Bertz CT molecular complexity index is 744. The SMILES string of the molecule is COc1ncc(C(C)(C)C)cc1N[S+]([O-])c1cccc(C(=O)O)c1. The van der Waals surface area contributed by atoms with Gasteiger partial charge in [-0.25, -0.2) is 9.78 Å². The molecule has 0 saturated heterocycles. The molecule has 2 N–H and O–H groups in total. The molecule has 2 aromatic rings. The van der Waals surface area contributed by atoms with Crippen molar-refractivity contribution >= 4 is 23.0 Å². The first-order valence-corrected chi connectivity index (χ1v) is 8.43. The summed E-state index contributed by atoms with van der Waals surface area (Å²) in [5.74, 6) is -0.742. The molecule has 1 heterocycles. The molecule has 0 fully saturated rings. The van der Waals surface area contributed by atoms with Crippen LogP contribution in [-0.2, 0) is 16.8 Å². The van der Waals surface area contributed by atoms with Crippen LogP contribution in [0.4, 0.5) is 5.69 Å². The molecule has 0 spiro atoms. The van der Waals surface area contributed by atoms with Crippen molar-refractivity contribution in [3.8, 4) is 5.88 Å². The topological polar surface area (TPSA) is 94.5 Å². The van der Waals surface area contributed by atoms with Crippen LogP contribution in [0.15, 0.2) is 41.4 Å². The molecule has 0 bridgehead atoms. The van der Waals surface area contributed by atoms with Crippen molar-refractivity contribution in [1.29, 1.82) is 0 Å². The number of benzene rings is 1. The number of anilines is 1. The summed E-state index contributed by atoms with van der Waals surface area (Å²) in [6.07, 6.45) is 1.72. The maximum Gasteiger partial charge on any atom is 0.335 e. The van der Waals surface area contributed by atoms with Gasteiger partial charge in [0.2, 0.25) is 5.88 Å². The second kappa shape index (κ2) is 7.11. The van der Waals surface area contributed by atoms with Crippen LogP contribution in [-0.4, -0.2) is 27.7 Å². The van der Waals surface area contributed by atoms with E-state index in [9.17, 15) is 9.35 Å². The number of rotatable bonds is 5. The zero-order valence-corrected chi connectivity index (χ0v) is 14.8. The van der Waals surface area contributed by atoms with Crippen molar-refractivity contribution in [1.82, 2.24) is 4.98 Å². The molecule has 0 saturated carbocycles. The molecule has 2 rings (SSSR count). The molecular formula is C17H20N2O4S. The summed E-state index contributed by atoms with van der Waals surface area (Å²) < 4.78 is 20.6. The van der Waals surface area contributed by atoms with Crippen molar-refractivity contribution in [3.63, 3.8) is 0 Å². The van der Waals surface area contributed by atoms with Gasteiger partial charge in [0, 0.05) is 12.3 Å². The van der Waals surface area contributed by atoms with Crippen LogP contribution in [0.2, 0.25) is 0 Å². The largest absolute Gasteiger partial charge is 0.588 e. The Balaban J connectivity index is 2.32. The highest BCUT2D eigenvalue weighted by molar-refractivity contribution is 7.92. The third kappa shape index (κ3) is 4.18. The number of nitrogens with zero attached hydrogens (tertiary/aromatic N) is 1. The number of nitrogens with one attached hydrogen (secondary N) is 1. The van der Waals surface area contributed by atoms with Crippen molar-refractivity contribution in [3.05, 3.63) is 47.7 Å². The van der Waals surface area contributed by atoms with E-state index in [4.69, 9.17) is 9.84 Å². The van der Waals surface area contributed by atoms with E-state index in [1.165, 1.54) is 19.2 Å². The quantitative estimate of drug-likeness (QED) is 0.806. The molecule has 1 aromatic heterocycles. The number of ether oxygens (including phenoxy) is 1. The van der Waals surface area contributed by atoms with Crippen LogP contribution in [0, 0.1) is 0 Å². The fraction of sp³-hybridized carbons (Fsp3) is 0.294. The molecule has 0 aliphatic carbocycles. The molecule has 0 amide bonds. The summed E-state index contributed by atoms with van der Waals surface area (Å²) in [7, 11) is 1.48. The highest BCUT2D eigenvalue weighted by atomic mass is 32.2. The van der Waals surface area contributed by atoms with Gasteiger partial charge < -0.3 is 14.4 Å². The number of carboxylic acids is 1. The average Bonchev–Trinajstić information content (AvgIpc) is 2.54. The molecule has 0 aliphatic rings. The monoisotopic (exact) mass is 348 g/mol. The van der Waals surface area contributed by atoms with Crippen molar-refractivity contribution < 1.29 is 19.2 Å². The Morgan fingerprint density at radius 1 is 1.33 bits per heavy atom. The number of hydrogen-bond acceptors (Lipinski definition) is 5. The molecule has 1 atom stereocenters. The van der Waals surface area contributed by atoms with Gasteiger partial charge in [0.05, 0.1) is 12.7 Å². The minimum Gasteiger partial charge on any atom is -0.588 e. The lowest BCUT2D eigenvalue weighted by Crippen LogP contribution is -2.17. The van der Waals surface area contributed by atoms with Crippen LogP contribution in [0.1, 0.15) is 36.7 Å². The van der Waals surface area contributed by atoms with E-state index in [0.717, 1.165) is 5.56 Å². The molecule has 1 unspecified atom stereocenters. The average molecular weight is 348 g/mol. The van der Waals surface area contributed by atoms with Gasteiger partial charge in [-0.05, 0) is 29.2 Å². The van der Waals surface area contributed by atoms with Crippen LogP contribution in [0.5, 0.6) is 5.88 Å². The lowest BCUT2D eigenvalue weighted by molar-refractivity contribution is 0.0696. The number of pyridine rings is 1. The van der Waals surface area contributed by atoms with Crippen molar-refractivity contribution in [2.24, 2.45) is 0 Å². The zero-order valence-electron chi connectivity index (χ0n) is 14.0. The first-order valence-electron chi connectivity index (χ1n) is 7.28.